The molecule has 80 valence electrons. The third kappa shape index (κ3) is 1.79. The van der Waals surface area contributed by atoms with Gasteiger partial charge in [-0.2, -0.15) is 5.10 Å². The maximum Gasteiger partial charge on any atom is 0.0955 e. The molecule has 2 rings (SSSR count). The topological polar surface area (TPSA) is 35.6 Å². The molecule has 4 nitrogen and oxygen atoms in total. The number of hydrogen-bond donors (Lipinski definition) is 0. The highest BCUT2D eigenvalue weighted by Gasteiger charge is 2.06. The minimum absolute atomic E-state index is 0.837. The van der Waals surface area contributed by atoms with Gasteiger partial charge in [0.1, 0.15) is 0 Å². The van der Waals surface area contributed by atoms with Gasteiger partial charge in [-0.15, -0.1) is 0 Å². The molecule has 0 aliphatic carbocycles. The van der Waals surface area contributed by atoms with Crippen LogP contribution in [-0.2, 0) is 13.6 Å². The van der Waals surface area contributed by atoms with Crippen LogP contribution in [-0.4, -0.2) is 19.3 Å². The van der Waals surface area contributed by atoms with Crippen LogP contribution in [0.4, 0.5) is 0 Å². The Hall–Kier alpha value is -1.58. The molecule has 0 aliphatic heterocycles. The van der Waals surface area contributed by atoms with Crippen molar-refractivity contribution in [2.45, 2.75) is 27.3 Å². The summed E-state index contributed by atoms with van der Waals surface area (Å²) in [5.41, 5.74) is 4.57. The smallest absolute Gasteiger partial charge is 0.0955 e. The Morgan fingerprint density at radius 3 is 2.47 bits per heavy atom. The van der Waals surface area contributed by atoms with Crippen molar-refractivity contribution in [3.05, 3.63) is 35.2 Å². The van der Waals surface area contributed by atoms with Gasteiger partial charge in [-0.1, -0.05) is 0 Å². The molecule has 0 bridgehead atoms. The Morgan fingerprint density at radius 1 is 1.27 bits per heavy atom. The maximum atomic E-state index is 4.33. The lowest BCUT2D eigenvalue weighted by atomic mass is 10.3. The summed E-state index contributed by atoms with van der Waals surface area (Å²) in [7, 11) is 1.97. The molecule has 0 radical (unpaired) electrons. The molecule has 15 heavy (non-hydrogen) atoms. The second kappa shape index (κ2) is 3.53. The van der Waals surface area contributed by atoms with Gasteiger partial charge in [-0.25, -0.2) is 4.98 Å². The highest BCUT2D eigenvalue weighted by atomic mass is 15.3. The molecule has 0 amide bonds. The lowest BCUT2D eigenvalue weighted by molar-refractivity contribution is 0.655. The van der Waals surface area contributed by atoms with E-state index in [1.54, 1.807) is 0 Å². The summed E-state index contributed by atoms with van der Waals surface area (Å²) < 4.78 is 4.07. The number of hydrogen-bond acceptors (Lipinski definition) is 2. The van der Waals surface area contributed by atoms with E-state index in [1.165, 1.54) is 11.4 Å². The average molecular weight is 204 g/mol. The lowest BCUT2D eigenvalue weighted by Gasteiger charge is -2.05. The van der Waals surface area contributed by atoms with Gasteiger partial charge in [-0.3, -0.25) is 4.68 Å². The fourth-order valence-electron chi connectivity index (χ4n) is 1.69. The van der Waals surface area contributed by atoms with Crippen molar-refractivity contribution in [2.75, 3.05) is 0 Å². The standard InChI is InChI=1S/C11H16N4/c1-8-5-11(14(4)13-8)6-15-7-12-9(2)10(15)3/h5,7H,6H2,1-4H3. The van der Waals surface area contributed by atoms with Crippen LogP contribution in [0.1, 0.15) is 22.8 Å². The maximum absolute atomic E-state index is 4.33. The Kier molecular flexibility index (Phi) is 2.34. The largest absolute Gasteiger partial charge is 0.329 e. The molecule has 4 heteroatoms. The van der Waals surface area contributed by atoms with Crippen molar-refractivity contribution in [1.29, 1.82) is 0 Å². The number of rotatable bonds is 2. The van der Waals surface area contributed by atoms with Crippen LogP contribution in [0, 0.1) is 20.8 Å². The predicted molar refractivity (Wildman–Crippen MR) is 58.7 cm³/mol. The van der Waals surface area contributed by atoms with Gasteiger partial charge in [0, 0.05) is 12.7 Å². The SMILES string of the molecule is Cc1cc(Cn2cnc(C)c2C)n(C)n1. The molecular weight excluding hydrogens is 188 g/mol. The number of imidazole rings is 1. The first-order valence-electron chi connectivity index (χ1n) is 5.06. The molecule has 0 saturated heterocycles. The van der Waals surface area contributed by atoms with Crippen LogP contribution in [0.25, 0.3) is 0 Å². The summed E-state index contributed by atoms with van der Waals surface area (Å²) in [6.45, 7) is 6.96. The molecule has 0 spiro atoms. The van der Waals surface area contributed by atoms with E-state index in [4.69, 9.17) is 0 Å². The van der Waals surface area contributed by atoms with E-state index in [0.29, 0.717) is 0 Å². The van der Waals surface area contributed by atoms with Crippen molar-refractivity contribution in [3.8, 4) is 0 Å². The molecule has 0 N–H and O–H groups in total. The Bertz CT molecular complexity index is 479. The van der Waals surface area contributed by atoms with Crippen molar-refractivity contribution >= 4 is 0 Å². The second-order valence-electron chi connectivity index (χ2n) is 3.94. The minimum Gasteiger partial charge on any atom is -0.329 e. The summed E-state index contributed by atoms with van der Waals surface area (Å²) in [6.07, 6.45) is 1.88. The Labute approximate surface area is 89.6 Å². The molecule has 0 fully saturated rings. The van der Waals surface area contributed by atoms with Gasteiger partial charge in [0.25, 0.3) is 0 Å². The molecule has 0 unspecified atom stereocenters. The van der Waals surface area contributed by atoms with Crippen molar-refractivity contribution in [3.63, 3.8) is 0 Å². The molecule has 2 heterocycles. The molecule has 0 aliphatic rings. The Balaban J connectivity index is 2.29. The number of nitrogens with zero attached hydrogens (tertiary/aromatic N) is 4. The van der Waals surface area contributed by atoms with Gasteiger partial charge < -0.3 is 4.57 Å². The Morgan fingerprint density at radius 2 is 2.00 bits per heavy atom. The van der Waals surface area contributed by atoms with E-state index < -0.39 is 0 Å². The quantitative estimate of drug-likeness (QED) is 0.744. The van der Waals surface area contributed by atoms with Gasteiger partial charge >= 0.3 is 0 Å². The fourth-order valence-corrected chi connectivity index (χ4v) is 1.69. The molecular formula is C11H16N4. The van der Waals surface area contributed by atoms with E-state index in [9.17, 15) is 0 Å². The van der Waals surface area contributed by atoms with Gasteiger partial charge in [0.05, 0.1) is 30.0 Å². The normalized spacial score (nSPS) is 10.9. The molecule has 2 aromatic rings. The zero-order valence-corrected chi connectivity index (χ0v) is 9.65. The molecule has 0 aromatic carbocycles. The first-order valence-corrected chi connectivity index (χ1v) is 5.06. The molecule has 2 aromatic heterocycles. The fraction of sp³-hybridized carbons (Fsp3) is 0.455. The number of aromatic nitrogens is 4. The highest BCUT2D eigenvalue weighted by molar-refractivity contribution is 5.13. The third-order valence-electron chi connectivity index (χ3n) is 2.78. The summed E-state index contributed by atoms with van der Waals surface area (Å²) in [5.74, 6) is 0. The van der Waals surface area contributed by atoms with Crippen LogP contribution >= 0.6 is 0 Å². The van der Waals surface area contributed by atoms with Crippen LogP contribution in [0.3, 0.4) is 0 Å². The zero-order chi connectivity index (χ0) is 11.0. The van der Waals surface area contributed by atoms with Gasteiger partial charge in [-0.05, 0) is 26.8 Å². The second-order valence-corrected chi connectivity index (χ2v) is 3.94. The summed E-state index contributed by atoms with van der Waals surface area (Å²) >= 11 is 0. The van der Waals surface area contributed by atoms with Gasteiger partial charge in [0.15, 0.2) is 0 Å². The van der Waals surface area contributed by atoms with Crippen LogP contribution < -0.4 is 0 Å². The lowest BCUT2D eigenvalue weighted by Crippen LogP contribution is -2.06. The average Bonchev–Trinajstić information content (AvgIpc) is 2.64. The first-order chi connectivity index (χ1) is 7.08. The summed E-state index contributed by atoms with van der Waals surface area (Å²) in [6, 6.07) is 2.11. The van der Waals surface area contributed by atoms with E-state index in [0.717, 1.165) is 17.9 Å². The van der Waals surface area contributed by atoms with E-state index in [1.807, 2.05) is 31.9 Å². The highest BCUT2D eigenvalue weighted by Crippen LogP contribution is 2.09. The molecule has 0 atom stereocenters. The number of aryl methyl sites for hydroxylation is 3. The van der Waals surface area contributed by atoms with Crippen LogP contribution in [0.15, 0.2) is 12.4 Å². The van der Waals surface area contributed by atoms with E-state index in [-0.39, 0.29) is 0 Å². The third-order valence-corrected chi connectivity index (χ3v) is 2.78. The monoisotopic (exact) mass is 204 g/mol. The summed E-state index contributed by atoms with van der Waals surface area (Å²) in [4.78, 5) is 4.28. The van der Waals surface area contributed by atoms with Crippen LogP contribution in [0.2, 0.25) is 0 Å². The minimum atomic E-state index is 0.837. The zero-order valence-electron chi connectivity index (χ0n) is 9.65. The van der Waals surface area contributed by atoms with Gasteiger partial charge in [0.2, 0.25) is 0 Å². The first kappa shape index (κ1) is 9.96. The summed E-state index contributed by atoms with van der Waals surface area (Å²) in [5, 5.41) is 4.33. The van der Waals surface area contributed by atoms with E-state index in [2.05, 4.69) is 27.6 Å². The molecule has 0 saturated carbocycles. The predicted octanol–water partition coefficient (Wildman–Crippen LogP) is 1.59. The van der Waals surface area contributed by atoms with E-state index >= 15 is 0 Å². The van der Waals surface area contributed by atoms with Crippen molar-refractivity contribution in [2.24, 2.45) is 7.05 Å². The van der Waals surface area contributed by atoms with Crippen LogP contribution in [0.5, 0.6) is 0 Å². The van der Waals surface area contributed by atoms with Crippen molar-refractivity contribution in [1.82, 2.24) is 19.3 Å². The van der Waals surface area contributed by atoms with Crippen molar-refractivity contribution < 1.29 is 0 Å².